The lowest BCUT2D eigenvalue weighted by Gasteiger charge is -2.24. The van der Waals surface area contributed by atoms with Crippen molar-refractivity contribution in [2.45, 2.75) is 64.3 Å². The quantitative estimate of drug-likeness (QED) is 0.714. The highest BCUT2D eigenvalue weighted by atomic mass is 15.1. The van der Waals surface area contributed by atoms with Crippen LogP contribution in [-0.2, 0) is 5.41 Å². The molecule has 0 N–H and O–H groups in total. The molecule has 0 amide bonds. The summed E-state index contributed by atoms with van der Waals surface area (Å²) in [7, 11) is 0. The molecule has 0 unspecified atom stereocenters. The SMILES string of the molecule is CC(C)(C)c1ccc2ncn(C3CCCCC3)c2c1. The van der Waals surface area contributed by atoms with E-state index in [0.717, 1.165) is 5.52 Å². The minimum atomic E-state index is 0.204. The molecule has 2 nitrogen and oxygen atoms in total. The molecule has 0 spiro atoms. The Bertz CT molecular complexity index is 568. The summed E-state index contributed by atoms with van der Waals surface area (Å²) in [6.45, 7) is 6.82. The normalized spacial score (nSPS) is 18.1. The Labute approximate surface area is 115 Å². The van der Waals surface area contributed by atoms with E-state index in [1.165, 1.54) is 43.2 Å². The van der Waals surface area contributed by atoms with Crippen LogP contribution in [0.3, 0.4) is 0 Å². The summed E-state index contributed by atoms with van der Waals surface area (Å²) in [6, 6.07) is 7.40. The summed E-state index contributed by atoms with van der Waals surface area (Å²) in [5, 5.41) is 0. The number of hydrogen-bond donors (Lipinski definition) is 0. The van der Waals surface area contributed by atoms with Crippen molar-refractivity contribution in [3.8, 4) is 0 Å². The van der Waals surface area contributed by atoms with Crippen LogP contribution in [0.4, 0.5) is 0 Å². The first-order valence-electron chi connectivity index (χ1n) is 7.53. The van der Waals surface area contributed by atoms with Gasteiger partial charge < -0.3 is 4.57 Å². The number of fused-ring (bicyclic) bond motifs is 1. The van der Waals surface area contributed by atoms with Crippen LogP contribution in [0.5, 0.6) is 0 Å². The first-order valence-corrected chi connectivity index (χ1v) is 7.53. The zero-order valence-electron chi connectivity index (χ0n) is 12.3. The Morgan fingerprint density at radius 1 is 1.11 bits per heavy atom. The first-order chi connectivity index (χ1) is 9.05. The van der Waals surface area contributed by atoms with Gasteiger partial charge >= 0.3 is 0 Å². The summed E-state index contributed by atoms with van der Waals surface area (Å²) in [6.07, 6.45) is 8.80. The fourth-order valence-corrected chi connectivity index (χ4v) is 3.14. The molecule has 0 aliphatic heterocycles. The molecule has 1 heterocycles. The van der Waals surface area contributed by atoms with Crippen molar-refractivity contribution in [2.24, 2.45) is 0 Å². The van der Waals surface area contributed by atoms with Gasteiger partial charge in [-0.15, -0.1) is 0 Å². The van der Waals surface area contributed by atoms with E-state index in [1.54, 1.807) is 0 Å². The van der Waals surface area contributed by atoms with E-state index in [1.807, 2.05) is 6.33 Å². The fourth-order valence-electron chi connectivity index (χ4n) is 3.14. The van der Waals surface area contributed by atoms with Gasteiger partial charge in [0.25, 0.3) is 0 Å². The number of rotatable bonds is 1. The van der Waals surface area contributed by atoms with Gasteiger partial charge in [-0.1, -0.05) is 46.1 Å². The molecular weight excluding hydrogens is 232 g/mol. The molecule has 1 aromatic heterocycles. The van der Waals surface area contributed by atoms with Crippen LogP contribution < -0.4 is 0 Å². The monoisotopic (exact) mass is 256 g/mol. The molecule has 0 atom stereocenters. The highest BCUT2D eigenvalue weighted by Crippen LogP contribution is 2.32. The van der Waals surface area contributed by atoms with Crippen molar-refractivity contribution in [3.05, 3.63) is 30.1 Å². The molecule has 1 aliphatic rings. The molecular formula is C17H24N2. The first kappa shape index (κ1) is 12.7. The third kappa shape index (κ3) is 2.41. The van der Waals surface area contributed by atoms with Crippen molar-refractivity contribution < 1.29 is 0 Å². The van der Waals surface area contributed by atoms with Crippen LogP contribution in [0, 0.1) is 0 Å². The highest BCUT2D eigenvalue weighted by molar-refractivity contribution is 5.76. The highest BCUT2D eigenvalue weighted by Gasteiger charge is 2.19. The number of imidazole rings is 1. The third-order valence-electron chi connectivity index (χ3n) is 4.41. The number of nitrogens with zero attached hydrogens (tertiary/aromatic N) is 2. The largest absolute Gasteiger partial charge is 0.327 e. The van der Waals surface area contributed by atoms with Gasteiger partial charge in [0.1, 0.15) is 0 Å². The van der Waals surface area contributed by atoms with Crippen molar-refractivity contribution in [2.75, 3.05) is 0 Å². The second-order valence-corrected chi connectivity index (χ2v) is 6.90. The van der Waals surface area contributed by atoms with E-state index >= 15 is 0 Å². The standard InChI is InChI=1S/C17H24N2/c1-17(2,3)13-9-10-15-16(11-13)19(12-18-15)14-7-5-4-6-8-14/h9-12,14H,4-8H2,1-3H3. The van der Waals surface area contributed by atoms with Gasteiger partial charge in [-0.05, 0) is 36.0 Å². The van der Waals surface area contributed by atoms with E-state index in [-0.39, 0.29) is 5.41 Å². The zero-order valence-corrected chi connectivity index (χ0v) is 12.3. The predicted molar refractivity (Wildman–Crippen MR) is 80.6 cm³/mol. The topological polar surface area (TPSA) is 17.8 Å². The number of aromatic nitrogens is 2. The minimum Gasteiger partial charge on any atom is -0.327 e. The molecule has 1 fully saturated rings. The van der Waals surface area contributed by atoms with Gasteiger partial charge in [-0.25, -0.2) is 4.98 Å². The Morgan fingerprint density at radius 3 is 2.53 bits per heavy atom. The Kier molecular flexibility index (Phi) is 3.12. The van der Waals surface area contributed by atoms with Crippen molar-refractivity contribution in [1.82, 2.24) is 9.55 Å². The van der Waals surface area contributed by atoms with Crippen LogP contribution >= 0.6 is 0 Å². The van der Waals surface area contributed by atoms with Gasteiger partial charge in [0.2, 0.25) is 0 Å². The molecule has 1 saturated carbocycles. The summed E-state index contributed by atoms with van der Waals surface area (Å²) >= 11 is 0. The molecule has 1 aromatic carbocycles. The molecule has 2 heteroatoms. The van der Waals surface area contributed by atoms with Gasteiger partial charge in [0.15, 0.2) is 0 Å². The molecule has 19 heavy (non-hydrogen) atoms. The van der Waals surface area contributed by atoms with Gasteiger partial charge in [-0.3, -0.25) is 0 Å². The van der Waals surface area contributed by atoms with Crippen LogP contribution in [0.25, 0.3) is 11.0 Å². The molecule has 1 aliphatic carbocycles. The van der Waals surface area contributed by atoms with Crippen LogP contribution in [-0.4, -0.2) is 9.55 Å². The summed E-state index contributed by atoms with van der Waals surface area (Å²) < 4.78 is 2.42. The molecule has 2 aromatic rings. The predicted octanol–water partition coefficient (Wildman–Crippen LogP) is 4.84. The second kappa shape index (κ2) is 4.66. The molecule has 0 radical (unpaired) electrons. The maximum absolute atomic E-state index is 4.58. The van der Waals surface area contributed by atoms with E-state index in [4.69, 9.17) is 0 Å². The van der Waals surface area contributed by atoms with Crippen LogP contribution in [0.15, 0.2) is 24.5 Å². The molecule has 0 bridgehead atoms. The van der Waals surface area contributed by atoms with Gasteiger partial charge in [-0.2, -0.15) is 0 Å². The van der Waals surface area contributed by atoms with Crippen molar-refractivity contribution in [3.63, 3.8) is 0 Å². The van der Waals surface area contributed by atoms with Gasteiger partial charge in [0, 0.05) is 6.04 Å². The maximum Gasteiger partial charge on any atom is 0.0960 e. The Hall–Kier alpha value is -1.31. The average molecular weight is 256 g/mol. The van der Waals surface area contributed by atoms with Crippen LogP contribution in [0.2, 0.25) is 0 Å². The average Bonchev–Trinajstić information content (AvgIpc) is 2.81. The fraction of sp³-hybridized carbons (Fsp3) is 0.588. The summed E-state index contributed by atoms with van der Waals surface area (Å²) in [4.78, 5) is 4.58. The summed E-state index contributed by atoms with van der Waals surface area (Å²) in [5.74, 6) is 0. The van der Waals surface area contributed by atoms with E-state index in [0.29, 0.717) is 6.04 Å². The second-order valence-electron chi connectivity index (χ2n) is 6.90. The number of hydrogen-bond acceptors (Lipinski definition) is 1. The zero-order chi connectivity index (χ0) is 13.5. The maximum atomic E-state index is 4.58. The smallest absolute Gasteiger partial charge is 0.0960 e. The van der Waals surface area contributed by atoms with E-state index < -0.39 is 0 Å². The lowest BCUT2D eigenvalue weighted by atomic mass is 9.87. The third-order valence-corrected chi connectivity index (χ3v) is 4.41. The Balaban J connectivity index is 2.05. The lowest BCUT2D eigenvalue weighted by molar-refractivity contribution is 0.359. The molecule has 3 rings (SSSR count). The van der Waals surface area contributed by atoms with Gasteiger partial charge in [0.05, 0.1) is 17.4 Å². The number of benzene rings is 1. The van der Waals surface area contributed by atoms with Crippen molar-refractivity contribution >= 4 is 11.0 Å². The summed E-state index contributed by atoms with van der Waals surface area (Å²) in [5.41, 5.74) is 4.06. The Morgan fingerprint density at radius 2 is 1.84 bits per heavy atom. The minimum absolute atomic E-state index is 0.204. The molecule has 102 valence electrons. The lowest BCUT2D eigenvalue weighted by Crippen LogP contribution is -2.13. The molecule has 0 saturated heterocycles. The van der Waals surface area contributed by atoms with Crippen LogP contribution in [0.1, 0.15) is 64.5 Å². The van der Waals surface area contributed by atoms with E-state index in [2.05, 4.69) is 48.5 Å². The van der Waals surface area contributed by atoms with E-state index in [9.17, 15) is 0 Å². The van der Waals surface area contributed by atoms with Crippen molar-refractivity contribution in [1.29, 1.82) is 0 Å².